The molecule has 0 aromatic carbocycles. The molecule has 0 radical (unpaired) electrons. The van der Waals surface area contributed by atoms with Gasteiger partial charge in [0.2, 0.25) is 5.91 Å². The quantitative estimate of drug-likeness (QED) is 0.783. The van der Waals surface area contributed by atoms with Crippen LogP contribution in [0.5, 0.6) is 0 Å². The van der Waals surface area contributed by atoms with E-state index in [9.17, 15) is 9.59 Å². The lowest BCUT2D eigenvalue weighted by Gasteiger charge is -2.33. The number of hydrogen-bond acceptors (Lipinski definition) is 2. The summed E-state index contributed by atoms with van der Waals surface area (Å²) in [6.07, 6.45) is 11.4. The largest absolute Gasteiger partial charge is 0.342 e. The van der Waals surface area contributed by atoms with Gasteiger partial charge >= 0.3 is 6.03 Å². The van der Waals surface area contributed by atoms with Crippen LogP contribution in [0.2, 0.25) is 0 Å². The molecule has 0 aromatic rings. The summed E-state index contributed by atoms with van der Waals surface area (Å²) in [6, 6.07) is -0.117. The predicted molar refractivity (Wildman–Crippen MR) is 81.6 cm³/mol. The van der Waals surface area contributed by atoms with Crippen LogP contribution in [0, 0.1) is 18.3 Å². The van der Waals surface area contributed by atoms with Crippen LogP contribution in [0.25, 0.3) is 0 Å². The van der Waals surface area contributed by atoms with Crippen molar-refractivity contribution in [2.45, 2.75) is 38.5 Å². The van der Waals surface area contributed by atoms with E-state index < -0.39 is 0 Å². The van der Waals surface area contributed by atoms with Gasteiger partial charge in [-0.3, -0.25) is 4.79 Å². The molecule has 0 aliphatic carbocycles. The number of nitrogens with zero attached hydrogens (tertiary/aromatic N) is 2. The number of carbonyl (C=O) groups is 2. The number of carbonyl (C=O) groups excluding carboxylic acids is 2. The molecule has 2 aliphatic heterocycles. The monoisotopic (exact) mass is 291 g/mol. The number of urea groups is 1. The Balaban J connectivity index is 1.78. The van der Waals surface area contributed by atoms with E-state index in [0.717, 1.165) is 38.8 Å². The Morgan fingerprint density at radius 2 is 1.62 bits per heavy atom. The van der Waals surface area contributed by atoms with Gasteiger partial charge in [-0.05, 0) is 25.7 Å². The van der Waals surface area contributed by atoms with E-state index >= 15 is 0 Å². The number of nitrogens with one attached hydrogen (secondary N) is 1. The first-order valence-corrected chi connectivity index (χ1v) is 7.97. The third kappa shape index (κ3) is 4.38. The lowest BCUT2D eigenvalue weighted by Crippen LogP contribution is -2.47. The first-order valence-electron chi connectivity index (χ1n) is 7.97. The average Bonchev–Trinajstić information content (AvgIpc) is 2.81. The van der Waals surface area contributed by atoms with Crippen LogP contribution >= 0.6 is 0 Å². The van der Waals surface area contributed by atoms with Gasteiger partial charge < -0.3 is 15.1 Å². The predicted octanol–water partition coefficient (Wildman–Crippen LogP) is 1.44. The lowest BCUT2D eigenvalue weighted by atomic mass is 9.95. The Hall–Kier alpha value is -1.70. The van der Waals surface area contributed by atoms with Gasteiger partial charge in [0.25, 0.3) is 0 Å². The van der Waals surface area contributed by atoms with Gasteiger partial charge in [-0.1, -0.05) is 18.8 Å². The summed E-state index contributed by atoms with van der Waals surface area (Å²) in [5, 5.41) is 2.67. The normalized spacial score (nSPS) is 20.5. The number of likely N-dealkylation sites (tertiary alicyclic amines) is 2. The average molecular weight is 291 g/mol. The fraction of sp³-hybridized carbons (Fsp3) is 0.750. The maximum Gasteiger partial charge on any atom is 0.318 e. The highest BCUT2D eigenvalue weighted by Gasteiger charge is 2.30. The fourth-order valence-electron chi connectivity index (χ4n) is 3.12. The van der Waals surface area contributed by atoms with Crippen molar-refractivity contribution in [1.29, 1.82) is 0 Å². The second-order valence-corrected chi connectivity index (χ2v) is 5.86. The zero-order valence-corrected chi connectivity index (χ0v) is 12.6. The Kier molecular flexibility index (Phi) is 5.91. The Morgan fingerprint density at radius 3 is 2.19 bits per heavy atom. The van der Waals surface area contributed by atoms with E-state index in [2.05, 4.69) is 11.2 Å². The summed E-state index contributed by atoms with van der Waals surface area (Å²) in [6.45, 7) is 3.34. The number of amides is 3. The topological polar surface area (TPSA) is 52.7 Å². The van der Waals surface area contributed by atoms with Crippen LogP contribution in [-0.4, -0.2) is 54.5 Å². The van der Waals surface area contributed by atoms with Gasteiger partial charge in [0.05, 0.1) is 6.54 Å². The number of hydrogen-bond donors (Lipinski definition) is 1. The van der Waals surface area contributed by atoms with Crippen molar-refractivity contribution in [1.82, 2.24) is 15.1 Å². The molecule has 5 nitrogen and oxygen atoms in total. The zero-order chi connectivity index (χ0) is 15.1. The summed E-state index contributed by atoms with van der Waals surface area (Å²) >= 11 is 0. The fourth-order valence-corrected chi connectivity index (χ4v) is 3.12. The molecule has 0 spiro atoms. The van der Waals surface area contributed by atoms with Crippen LogP contribution in [0.1, 0.15) is 38.5 Å². The highest BCUT2D eigenvalue weighted by Crippen LogP contribution is 2.21. The van der Waals surface area contributed by atoms with E-state index in [0.29, 0.717) is 19.0 Å². The minimum atomic E-state index is -0.117. The van der Waals surface area contributed by atoms with Crippen LogP contribution in [-0.2, 0) is 4.79 Å². The third-order valence-electron chi connectivity index (χ3n) is 4.39. The molecular weight excluding hydrogens is 266 g/mol. The molecule has 0 bridgehead atoms. The molecule has 0 unspecified atom stereocenters. The minimum Gasteiger partial charge on any atom is -0.342 e. The summed E-state index contributed by atoms with van der Waals surface area (Å²) in [7, 11) is 0. The van der Waals surface area contributed by atoms with Crippen molar-refractivity contribution in [3.05, 3.63) is 0 Å². The second-order valence-electron chi connectivity index (χ2n) is 5.86. The van der Waals surface area contributed by atoms with Gasteiger partial charge in [-0.15, -0.1) is 6.42 Å². The standard InChI is InChI=1S/C16H25N3O2/c1-2-9-17-16(21)19-12-7-14(8-13-19)15(20)18-10-5-3-4-6-11-18/h1,14H,3-13H2,(H,17,21). The molecule has 116 valence electrons. The van der Waals surface area contributed by atoms with Crippen molar-refractivity contribution in [2.75, 3.05) is 32.7 Å². The van der Waals surface area contributed by atoms with Crippen molar-refractivity contribution in [2.24, 2.45) is 5.92 Å². The molecule has 2 saturated heterocycles. The molecule has 1 N–H and O–H groups in total. The van der Waals surface area contributed by atoms with Gasteiger partial charge in [0.1, 0.15) is 0 Å². The van der Waals surface area contributed by atoms with Crippen LogP contribution in [0.15, 0.2) is 0 Å². The molecule has 5 heteroatoms. The molecule has 3 amide bonds. The van der Waals surface area contributed by atoms with E-state index in [-0.39, 0.29) is 18.5 Å². The minimum absolute atomic E-state index is 0.0831. The second kappa shape index (κ2) is 7.92. The maximum absolute atomic E-state index is 12.5. The molecule has 2 fully saturated rings. The molecule has 0 aromatic heterocycles. The Bertz CT molecular complexity index is 400. The Labute approximate surface area is 127 Å². The van der Waals surface area contributed by atoms with Gasteiger partial charge in [-0.25, -0.2) is 4.79 Å². The first-order chi connectivity index (χ1) is 10.2. The summed E-state index contributed by atoms with van der Waals surface area (Å²) < 4.78 is 0. The van der Waals surface area contributed by atoms with E-state index in [1.165, 1.54) is 12.8 Å². The molecule has 21 heavy (non-hydrogen) atoms. The lowest BCUT2D eigenvalue weighted by molar-refractivity contribution is -0.136. The SMILES string of the molecule is C#CCNC(=O)N1CCC(C(=O)N2CCCCCC2)CC1. The highest BCUT2D eigenvalue weighted by atomic mass is 16.2. The van der Waals surface area contributed by atoms with Gasteiger partial charge in [0.15, 0.2) is 0 Å². The van der Waals surface area contributed by atoms with E-state index in [4.69, 9.17) is 6.42 Å². The molecule has 0 saturated carbocycles. The number of terminal acetylenes is 1. The summed E-state index contributed by atoms with van der Waals surface area (Å²) in [4.78, 5) is 28.1. The van der Waals surface area contributed by atoms with Crippen molar-refractivity contribution in [3.63, 3.8) is 0 Å². The van der Waals surface area contributed by atoms with Crippen LogP contribution in [0.4, 0.5) is 4.79 Å². The van der Waals surface area contributed by atoms with Crippen molar-refractivity contribution >= 4 is 11.9 Å². The van der Waals surface area contributed by atoms with Crippen molar-refractivity contribution < 1.29 is 9.59 Å². The molecule has 2 rings (SSSR count). The van der Waals surface area contributed by atoms with Crippen LogP contribution < -0.4 is 5.32 Å². The van der Waals surface area contributed by atoms with E-state index in [1.807, 2.05) is 4.90 Å². The third-order valence-corrected chi connectivity index (χ3v) is 4.39. The molecule has 2 aliphatic rings. The molecule has 2 heterocycles. The van der Waals surface area contributed by atoms with Gasteiger partial charge in [-0.2, -0.15) is 0 Å². The number of piperidine rings is 1. The Morgan fingerprint density at radius 1 is 1.00 bits per heavy atom. The van der Waals surface area contributed by atoms with Gasteiger partial charge in [0, 0.05) is 32.1 Å². The maximum atomic E-state index is 12.5. The number of rotatable bonds is 2. The molecule has 0 atom stereocenters. The smallest absolute Gasteiger partial charge is 0.318 e. The molecular formula is C16H25N3O2. The van der Waals surface area contributed by atoms with E-state index in [1.54, 1.807) is 4.90 Å². The van der Waals surface area contributed by atoms with Crippen molar-refractivity contribution in [3.8, 4) is 12.3 Å². The summed E-state index contributed by atoms with van der Waals surface area (Å²) in [5.41, 5.74) is 0. The summed E-state index contributed by atoms with van der Waals surface area (Å²) in [5.74, 6) is 2.77. The van der Waals surface area contributed by atoms with Crippen LogP contribution in [0.3, 0.4) is 0 Å². The first kappa shape index (κ1) is 15.7. The highest BCUT2D eigenvalue weighted by molar-refractivity contribution is 5.80. The zero-order valence-electron chi connectivity index (χ0n) is 12.6.